The molecular weight excluding hydrogens is 324 g/mol. The van der Waals surface area contributed by atoms with Crippen molar-refractivity contribution < 1.29 is 0 Å². The second kappa shape index (κ2) is 8.06. The lowest BCUT2D eigenvalue weighted by Gasteiger charge is -2.12. The quantitative estimate of drug-likeness (QED) is 0.570. The maximum absolute atomic E-state index is 5.95. The van der Waals surface area contributed by atoms with Gasteiger partial charge in [-0.05, 0) is 48.0 Å². The Hall–Kier alpha value is -1.94. The van der Waals surface area contributed by atoms with Gasteiger partial charge < -0.3 is 5.43 Å². The van der Waals surface area contributed by atoms with E-state index in [-0.39, 0.29) is 0 Å². The van der Waals surface area contributed by atoms with Crippen LogP contribution in [0.1, 0.15) is 5.56 Å². The van der Waals surface area contributed by atoms with E-state index in [9.17, 15) is 0 Å². The van der Waals surface area contributed by atoms with Gasteiger partial charge in [-0.3, -0.25) is 0 Å². The number of hydrogen-bond donors (Lipinski definition) is 2. The summed E-state index contributed by atoms with van der Waals surface area (Å²) < 4.78 is 0. The summed E-state index contributed by atoms with van der Waals surface area (Å²) in [5, 5.41) is 0.761. The van der Waals surface area contributed by atoms with Crippen LogP contribution >= 0.6 is 23.4 Å². The van der Waals surface area contributed by atoms with Crippen LogP contribution in [0.2, 0.25) is 5.02 Å². The van der Waals surface area contributed by atoms with E-state index in [1.165, 1.54) is 15.4 Å². The van der Waals surface area contributed by atoms with Crippen molar-refractivity contribution in [3.05, 3.63) is 89.4 Å². The molecule has 0 radical (unpaired) electrons. The van der Waals surface area contributed by atoms with Crippen LogP contribution < -0.4 is 10.9 Å². The molecule has 3 aromatic rings. The van der Waals surface area contributed by atoms with Gasteiger partial charge in [0, 0.05) is 27.0 Å². The first kappa shape index (κ1) is 15.9. The first-order valence-corrected chi connectivity index (χ1v) is 8.56. The molecule has 0 spiro atoms. The predicted molar refractivity (Wildman–Crippen MR) is 98.9 cm³/mol. The molecule has 23 heavy (non-hydrogen) atoms. The summed E-state index contributed by atoms with van der Waals surface area (Å²) >= 11 is 7.69. The SMILES string of the molecule is Clc1ccc(Sc2ccccc2CNNc2ccccc2)cc1. The molecule has 0 heterocycles. The van der Waals surface area contributed by atoms with Crippen LogP contribution in [-0.4, -0.2) is 0 Å². The molecular formula is C19H17ClN2S. The Balaban J connectivity index is 1.64. The number of nitrogens with one attached hydrogen (secondary N) is 2. The van der Waals surface area contributed by atoms with Crippen molar-refractivity contribution in [1.82, 2.24) is 5.43 Å². The lowest BCUT2D eigenvalue weighted by molar-refractivity contribution is 0.788. The number of halogens is 1. The molecule has 0 aliphatic rings. The predicted octanol–water partition coefficient (Wildman–Crippen LogP) is 5.61. The summed E-state index contributed by atoms with van der Waals surface area (Å²) in [5.74, 6) is 0. The molecule has 0 aliphatic heterocycles. The van der Waals surface area contributed by atoms with E-state index in [2.05, 4.69) is 35.1 Å². The van der Waals surface area contributed by atoms with Crippen LogP contribution in [0.5, 0.6) is 0 Å². The topological polar surface area (TPSA) is 24.1 Å². The molecule has 0 fully saturated rings. The molecule has 0 unspecified atom stereocenters. The van der Waals surface area contributed by atoms with Crippen molar-refractivity contribution in [2.75, 3.05) is 5.43 Å². The van der Waals surface area contributed by atoms with Crippen molar-refractivity contribution in [3.8, 4) is 0 Å². The molecule has 0 atom stereocenters. The zero-order valence-corrected chi connectivity index (χ0v) is 14.1. The highest BCUT2D eigenvalue weighted by molar-refractivity contribution is 7.99. The third kappa shape index (κ3) is 4.76. The van der Waals surface area contributed by atoms with Gasteiger partial charge >= 0.3 is 0 Å². The first-order valence-electron chi connectivity index (χ1n) is 7.36. The van der Waals surface area contributed by atoms with Gasteiger partial charge in [0.15, 0.2) is 0 Å². The van der Waals surface area contributed by atoms with Crippen molar-refractivity contribution in [2.24, 2.45) is 0 Å². The van der Waals surface area contributed by atoms with Gasteiger partial charge in [-0.2, -0.15) is 0 Å². The molecule has 0 saturated heterocycles. The average Bonchev–Trinajstić information content (AvgIpc) is 2.59. The van der Waals surface area contributed by atoms with Crippen LogP contribution in [0.4, 0.5) is 5.69 Å². The van der Waals surface area contributed by atoms with E-state index in [4.69, 9.17) is 11.6 Å². The summed E-state index contributed by atoms with van der Waals surface area (Å²) in [4.78, 5) is 2.41. The highest BCUT2D eigenvalue weighted by Gasteiger charge is 2.04. The van der Waals surface area contributed by atoms with E-state index in [1.54, 1.807) is 11.8 Å². The first-order chi connectivity index (χ1) is 11.3. The molecule has 3 rings (SSSR count). The number of para-hydroxylation sites is 1. The number of hydrogen-bond acceptors (Lipinski definition) is 3. The lowest BCUT2D eigenvalue weighted by atomic mass is 10.2. The Kier molecular flexibility index (Phi) is 5.59. The van der Waals surface area contributed by atoms with E-state index in [1.807, 2.05) is 54.6 Å². The Morgan fingerprint density at radius 1 is 0.783 bits per heavy atom. The summed E-state index contributed by atoms with van der Waals surface area (Å²) in [6, 6.07) is 26.4. The van der Waals surface area contributed by atoms with Crippen molar-refractivity contribution in [3.63, 3.8) is 0 Å². The summed E-state index contributed by atoms with van der Waals surface area (Å²) in [6.45, 7) is 0.742. The molecule has 0 aromatic heterocycles. The zero-order chi connectivity index (χ0) is 15.9. The van der Waals surface area contributed by atoms with Crippen LogP contribution in [-0.2, 0) is 6.54 Å². The summed E-state index contributed by atoms with van der Waals surface area (Å²) in [6.07, 6.45) is 0. The molecule has 2 N–H and O–H groups in total. The van der Waals surface area contributed by atoms with Crippen molar-refractivity contribution in [2.45, 2.75) is 16.3 Å². The average molecular weight is 341 g/mol. The van der Waals surface area contributed by atoms with Gasteiger partial charge in [0.25, 0.3) is 0 Å². The molecule has 0 bridgehead atoms. The monoisotopic (exact) mass is 340 g/mol. The Morgan fingerprint density at radius 3 is 2.26 bits per heavy atom. The fraction of sp³-hybridized carbons (Fsp3) is 0.0526. The highest BCUT2D eigenvalue weighted by atomic mass is 35.5. The van der Waals surface area contributed by atoms with Gasteiger partial charge in [0.2, 0.25) is 0 Å². The zero-order valence-electron chi connectivity index (χ0n) is 12.5. The number of anilines is 1. The molecule has 0 saturated carbocycles. The van der Waals surface area contributed by atoms with Gasteiger partial charge in [-0.15, -0.1) is 0 Å². The standard InChI is InChI=1S/C19H17ClN2S/c20-16-10-12-18(13-11-16)23-19-9-5-4-6-15(19)14-21-22-17-7-2-1-3-8-17/h1-13,21-22H,14H2. The molecule has 0 aliphatic carbocycles. The maximum atomic E-state index is 5.95. The summed E-state index contributed by atoms with van der Waals surface area (Å²) in [5.41, 5.74) is 8.78. The number of rotatable bonds is 6. The van der Waals surface area contributed by atoms with Crippen LogP contribution in [0.15, 0.2) is 88.7 Å². The largest absolute Gasteiger partial charge is 0.321 e. The minimum atomic E-state index is 0.742. The molecule has 0 amide bonds. The second-order valence-electron chi connectivity index (χ2n) is 5.01. The Morgan fingerprint density at radius 2 is 1.48 bits per heavy atom. The third-order valence-electron chi connectivity index (χ3n) is 3.30. The maximum Gasteiger partial charge on any atom is 0.0487 e. The Bertz CT molecular complexity index is 745. The molecule has 3 aromatic carbocycles. The molecule has 116 valence electrons. The third-order valence-corrected chi connectivity index (χ3v) is 4.68. The second-order valence-corrected chi connectivity index (χ2v) is 6.56. The van der Waals surface area contributed by atoms with Gasteiger partial charge in [-0.1, -0.05) is 59.8 Å². The number of hydrazine groups is 1. The van der Waals surface area contributed by atoms with Crippen molar-refractivity contribution >= 4 is 29.1 Å². The molecule has 4 heteroatoms. The minimum Gasteiger partial charge on any atom is -0.321 e. The Labute approximate surface area is 145 Å². The van der Waals surface area contributed by atoms with Crippen LogP contribution in [0, 0.1) is 0 Å². The molecule has 2 nitrogen and oxygen atoms in total. The van der Waals surface area contributed by atoms with E-state index in [0.717, 1.165) is 17.3 Å². The van der Waals surface area contributed by atoms with E-state index < -0.39 is 0 Å². The fourth-order valence-electron chi connectivity index (χ4n) is 2.14. The van der Waals surface area contributed by atoms with Gasteiger partial charge in [-0.25, -0.2) is 5.43 Å². The van der Waals surface area contributed by atoms with Crippen LogP contribution in [0.3, 0.4) is 0 Å². The fourth-order valence-corrected chi connectivity index (χ4v) is 3.21. The smallest absolute Gasteiger partial charge is 0.0487 e. The summed E-state index contributed by atoms with van der Waals surface area (Å²) in [7, 11) is 0. The minimum absolute atomic E-state index is 0.742. The van der Waals surface area contributed by atoms with E-state index in [0.29, 0.717) is 0 Å². The van der Waals surface area contributed by atoms with Gasteiger partial charge in [0.1, 0.15) is 0 Å². The lowest BCUT2D eigenvalue weighted by Crippen LogP contribution is -2.21. The van der Waals surface area contributed by atoms with Crippen LogP contribution in [0.25, 0.3) is 0 Å². The van der Waals surface area contributed by atoms with Gasteiger partial charge in [0.05, 0.1) is 0 Å². The van der Waals surface area contributed by atoms with E-state index >= 15 is 0 Å². The highest BCUT2D eigenvalue weighted by Crippen LogP contribution is 2.31. The van der Waals surface area contributed by atoms with Crippen molar-refractivity contribution in [1.29, 1.82) is 0 Å². The normalized spacial score (nSPS) is 10.5. The number of benzene rings is 3.